The average molecular weight is 835 g/mol. The first kappa shape index (κ1) is 57.4. The van der Waals surface area contributed by atoms with Crippen LogP contribution in [0.5, 0.6) is 0 Å². The van der Waals surface area contributed by atoms with Crippen molar-refractivity contribution in [2.45, 2.75) is 298 Å². The molecule has 0 aliphatic rings. The van der Waals surface area contributed by atoms with Crippen LogP contribution >= 0.6 is 0 Å². The summed E-state index contributed by atoms with van der Waals surface area (Å²) in [5.41, 5.74) is 0. The maximum Gasteiger partial charge on any atom is 0.306 e. The Morgan fingerprint density at radius 1 is 0.322 bits per heavy atom. The SMILES string of the molecule is CCCCCCCCCCCCCCCCC(=O)OC[C@H](COC(=O)CCCCCCCCCCCCCCCC(C)C)OC(=O)CCCCCCCCCCC(C)C. The van der Waals surface area contributed by atoms with E-state index in [0.717, 1.165) is 69.6 Å². The Hall–Kier alpha value is -1.59. The summed E-state index contributed by atoms with van der Waals surface area (Å²) >= 11 is 0. The van der Waals surface area contributed by atoms with Crippen molar-refractivity contribution in [1.29, 1.82) is 0 Å². The minimum atomic E-state index is -0.762. The molecule has 0 aromatic carbocycles. The number of carbonyl (C=O) groups is 3. The molecule has 0 rings (SSSR count). The topological polar surface area (TPSA) is 78.9 Å². The van der Waals surface area contributed by atoms with Gasteiger partial charge >= 0.3 is 17.9 Å². The normalized spacial score (nSPS) is 12.1. The lowest BCUT2D eigenvalue weighted by Gasteiger charge is -2.18. The van der Waals surface area contributed by atoms with Crippen LogP contribution in [-0.4, -0.2) is 37.2 Å². The molecule has 350 valence electrons. The molecule has 59 heavy (non-hydrogen) atoms. The molecule has 0 saturated carbocycles. The average Bonchev–Trinajstić information content (AvgIpc) is 3.20. The molecule has 0 aromatic rings. The van der Waals surface area contributed by atoms with Gasteiger partial charge < -0.3 is 14.2 Å². The van der Waals surface area contributed by atoms with Crippen LogP contribution in [0.4, 0.5) is 0 Å². The highest BCUT2D eigenvalue weighted by Crippen LogP contribution is 2.17. The molecule has 0 aromatic heterocycles. The van der Waals surface area contributed by atoms with E-state index >= 15 is 0 Å². The molecule has 0 unspecified atom stereocenters. The van der Waals surface area contributed by atoms with Gasteiger partial charge in [0.2, 0.25) is 0 Å². The molecule has 0 amide bonds. The highest BCUT2D eigenvalue weighted by molar-refractivity contribution is 5.71. The van der Waals surface area contributed by atoms with Crippen LogP contribution in [0.15, 0.2) is 0 Å². The maximum absolute atomic E-state index is 12.8. The van der Waals surface area contributed by atoms with Gasteiger partial charge in [0.25, 0.3) is 0 Å². The smallest absolute Gasteiger partial charge is 0.306 e. The number of rotatable bonds is 47. The van der Waals surface area contributed by atoms with Gasteiger partial charge in [-0.2, -0.15) is 0 Å². The summed E-state index contributed by atoms with van der Waals surface area (Å²) in [6.45, 7) is 11.4. The monoisotopic (exact) mass is 835 g/mol. The lowest BCUT2D eigenvalue weighted by Crippen LogP contribution is -2.30. The Kier molecular flexibility index (Phi) is 44.7. The molecule has 0 saturated heterocycles. The molecule has 0 N–H and O–H groups in total. The van der Waals surface area contributed by atoms with Gasteiger partial charge in [0.05, 0.1) is 0 Å². The van der Waals surface area contributed by atoms with Gasteiger partial charge in [-0.15, -0.1) is 0 Å². The molecule has 0 fully saturated rings. The molecule has 0 bridgehead atoms. The quantitative estimate of drug-likeness (QED) is 0.0345. The molecule has 6 heteroatoms. The predicted octanol–water partition coefficient (Wildman–Crippen LogP) is 16.9. The summed E-state index contributed by atoms with van der Waals surface area (Å²) < 4.78 is 16.8. The highest BCUT2D eigenvalue weighted by atomic mass is 16.6. The fourth-order valence-corrected chi connectivity index (χ4v) is 7.99. The third-order valence-corrected chi connectivity index (χ3v) is 12.0. The van der Waals surface area contributed by atoms with Gasteiger partial charge in [-0.25, -0.2) is 0 Å². The van der Waals surface area contributed by atoms with E-state index in [4.69, 9.17) is 14.2 Å². The predicted molar refractivity (Wildman–Crippen MR) is 252 cm³/mol. The molecule has 0 aliphatic carbocycles. The second-order valence-electron chi connectivity index (χ2n) is 19.1. The summed E-state index contributed by atoms with van der Waals surface area (Å²) in [4.78, 5) is 37.9. The van der Waals surface area contributed by atoms with Crippen molar-refractivity contribution in [3.8, 4) is 0 Å². The van der Waals surface area contributed by atoms with Gasteiger partial charge in [-0.1, -0.05) is 253 Å². The van der Waals surface area contributed by atoms with Crippen molar-refractivity contribution < 1.29 is 28.6 Å². The minimum Gasteiger partial charge on any atom is -0.462 e. The Morgan fingerprint density at radius 2 is 0.559 bits per heavy atom. The summed E-state index contributed by atoms with van der Waals surface area (Å²) in [5.74, 6) is 0.784. The molecular weight excluding hydrogens is 733 g/mol. The number of hydrogen-bond acceptors (Lipinski definition) is 6. The van der Waals surface area contributed by atoms with Crippen LogP contribution < -0.4 is 0 Å². The number of ether oxygens (including phenoxy) is 3. The van der Waals surface area contributed by atoms with Gasteiger partial charge in [-0.3, -0.25) is 14.4 Å². The van der Waals surface area contributed by atoms with E-state index in [2.05, 4.69) is 34.6 Å². The largest absolute Gasteiger partial charge is 0.462 e. The number of hydrogen-bond donors (Lipinski definition) is 0. The lowest BCUT2D eigenvalue weighted by atomic mass is 10.0. The van der Waals surface area contributed by atoms with Gasteiger partial charge in [0, 0.05) is 19.3 Å². The fraction of sp³-hybridized carbons (Fsp3) is 0.943. The first-order valence-electron chi connectivity index (χ1n) is 26.2. The molecule has 0 spiro atoms. The summed E-state index contributed by atoms with van der Waals surface area (Å²) in [7, 11) is 0. The van der Waals surface area contributed by atoms with Crippen LogP contribution in [0.25, 0.3) is 0 Å². The lowest BCUT2D eigenvalue weighted by molar-refractivity contribution is -0.167. The summed E-state index contributed by atoms with van der Waals surface area (Å²) in [5, 5.41) is 0. The van der Waals surface area contributed by atoms with Crippen molar-refractivity contribution in [1.82, 2.24) is 0 Å². The molecule has 6 nitrogen and oxygen atoms in total. The van der Waals surface area contributed by atoms with E-state index in [9.17, 15) is 14.4 Å². The minimum absolute atomic E-state index is 0.0639. The molecule has 0 radical (unpaired) electrons. The van der Waals surface area contributed by atoms with Gasteiger partial charge in [-0.05, 0) is 31.1 Å². The van der Waals surface area contributed by atoms with E-state index in [0.29, 0.717) is 19.3 Å². The van der Waals surface area contributed by atoms with Crippen LogP contribution in [0, 0.1) is 11.8 Å². The third kappa shape index (κ3) is 47.3. The number of unbranched alkanes of at least 4 members (excludes halogenated alkanes) is 32. The van der Waals surface area contributed by atoms with E-state index in [1.54, 1.807) is 0 Å². The van der Waals surface area contributed by atoms with E-state index in [1.165, 1.54) is 180 Å². The van der Waals surface area contributed by atoms with Crippen molar-refractivity contribution in [3.05, 3.63) is 0 Å². The molecular formula is C53H102O6. The molecule has 0 heterocycles. The van der Waals surface area contributed by atoms with Crippen molar-refractivity contribution in [2.24, 2.45) is 11.8 Å². The van der Waals surface area contributed by atoms with Crippen molar-refractivity contribution >= 4 is 17.9 Å². The van der Waals surface area contributed by atoms with Crippen molar-refractivity contribution in [2.75, 3.05) is 13.2 Å². The third-order valence-electron chi connectivity index (χ3n) is 12.0. The maximum atomic E-state index is 12.8. The zero-order valence-electron chi connectivity index (χ0n) is 40.4. The fourth-order valence-electron chi connectivity index (χ4n) is 7.99. The molecule has 1 atom stereocenters. The van der Waals surface area contributed by atoms with Crippen LogP contribution in [0.1, 0.15) is 291 Å². The van der Waals surface area contributed by atoms with E-state index in [1.807, 2.05) is 0 Å². The van der Waals surface area contributed by atoms with Crippen LogP contribution in [0.3, 0.4) is 0 Å². The first-order chi connectivity index (χ1) is 28.7. The summed E-state index contributed by atoms with van der Waals surface area (Å²) in [6.07, 6.45) is 46.6. The van der Waals surface area contributed by atoms with Crippen molar-refractivity contribution in [3.63, 3.8) is 0 Å². The van der Waals surface area contributed by atoms with E-state index in [-0.39, 0.29) is 31.1 Å². The van der Waals surface area contributed by atoms with Crippen LogP contribution in [0.2, 0.25) is 0 Å². The van der Waals surface area contributed by atoms with Gasteiger partial charge in [0.15, 0.2) is 6.10 Å². The Balaban J connectivity index is 4.28. The Bertz CT molecular complexity index is 900. The zero-order chi connectivity index (χ0) is 43.3. The van der Waals surface area contributed by atoms with E-state index < -0.39 is 6.10 Å². The van der Waals surface area contributed by atoms with Gasteiger partial charge in [0.1, 0.15) is 13.2 Å². The standard InChI is InChI=1S/C53H102O6/c1-6-7-8-9-10-11-12-13-16-19-22-28-33-38-43-51(54)57-46-50(59-53(56)45-40-35-30-25-24-27-32-37-42-49(4)5)47-58-52(55)44-39-34-29-23-20-17-14-15-18-21-26-31-36-41-48(2)3/h48-50H,6-47H2,1-5H3/t50-/m1/s1. The second kappa shape index (κ2) is 45.9. The number of carbonyl (C=O) groups excluding carboxylic acids is 3. The second-order valence-corrected chi connectivity index (χ2v) is 19.1. The Labute approximate surface area is 368 Å². The van der Waals surface area contributed by atoms with Crippen LogP contribution in [-0.2, 0) is 28.6 Å². The molecule has 0 aliphatic heterocycles. The highest BCUT2D eigenvalue weighted by Gasteiger charge is 2.19. The Morgan fingerprint density at radius 3 is 0.831 bits per heavy atom. The first-order valence-corrected chi connectivity index (χ1v) is 26.2. The number of esters is 3. The summed E-state index contributed by atoms with van der Waals surface area (Å²) in [6, 6.07) is 0. The zero-order valence-corrected chi connectivity index (χ0v) is 40.4.